The fraction of sp³-hybridized carbons (Fsp3) is 0.214. The minimum Gasteiger partial charge on any atom is -0.383 e. The second-order valence-electron chi connectivity index (χ2n) is 4.71. The molecule has 0 N–H and O–H groups in total. The highest BCUT2D eigenvalue weighted by molar-refractivity contribution is 6.34. The van der Waals surface area contributed by atoms with E-state index in [1.807, 2.05) is 14.1 Å². The maximum atomic E-state index is 12.1. The standard InChI is InChI=1S/C14H14Cl2N4O/c1-9-14(13(21)4-5-19(2)3)17-18-20(9)12-7-10(15)6-11(16)8-12/h4-8H,1-3H3. The highest BCUT2D eigenvalue weighted by Crippen LogP contribution is 2.22. The molecule has 0 saturated carbocycles. The lowest BCUT2D eigenvalue weighted by atomic mass is 10.2. The van der Waals surface area contributed by atoms with Gasteiger partial charge in [0.15, 0.2) is 5.69 Å². The third-order valence-electron chi connectivity index (χ3n) is 2.74. The van der Waals surface area contributed by atoms with Gasteiger partial charge in [-0.1, -0.05) is 28.4 Å². The van der Waals surface area contributed by atoms with Crippen LogP contribution in [0.15, 0.2) is 30.5 Å². The number of halogens is 2. The van der Waals surface area contributed by atoms with Crippen molar-refractivity contribution in [1.82, 2.24) is 19.9 Å². The first-order chi connectivity index (χ1) is 9.88. The van der Waals surface area contributed by atoms with Gasteiger partial charge in [0.25, 0.3) is 0 Å². The molecule has 1 aromatic heterocycles. The van der Waals surface area contributed by atoms with E-state index in [1.54, 1.807) is 36.2 Å². The molecule has 0 atom stereocenters. The van der Waals surface area contributed by atoms with Crippen molar-refractivity contribution in [2.45, 2.75) is 6.92 Å². The molecule has 0 spiro atoms. The zero-order chi connectivity index (χ0) is 15.6. The molecule has 0 radical (unpaired) electrons. The highest BCUT2D eigenvalue weighted by atomic mass is 35.5. The molecular weight excluding hydrogens is 311 g/mol. The van der Waals surface area contributed by atoms with Crippen LogP contribution >= 0.6 is 23.2 Å². The molecule has 2 rings (SSSR count). The molecule has 0 aliphatic carbocycles. The van der Waals surface area contributed by atoms with E-state index < -0.39 is 0 Å². The van der Waals surface area contributed by atoms with Crippen molar-refractivity contribution in [2.24, 2.45) is 0 Å². The topological polar surface area (TPSA) is 51.0 Å². The number of carbonyl (C=O) groups is 1. The average molecular weight is 325 g/mol. The summed E-state index contributed by atoms with van der Waals surface area (Å²) in [6, 6.07) is 5.04. The zero-order valence-electron chi connectivity index (χ0n) is 11.8. The average Bonchev–Trinajstić information content (AvgIpc) is 2.76. The van der Waals surface area contributed by atoms with Gasteiger partial charge in [-0.25, -0.2) is 4.68 Å². The Hall–Kier alpha value is -1.85. The predicted octanol–water partition coefficient (Wildman–Crippen LogP) is 3.14. The van der Waals surface area contributed by atoms with Crippen LogP contribution in [0.5, 0.6) is 0 Å². The lowest BCUT2D eigenvalue weighted by Gasteiger charge is -2.05. The number of ketones is 1. The molecule has 2 aromatic rings. The second-order valence-corrected chi connectivity index (χ2v) is 5.58. The van der Waals surface area contributed by atoms with Gasteiger partial charge in [-0.15, -0.1) is 5.10 Å². The van der Waals surface area contributed by atoms with Crippen molar-refractivity contribution in [2.75, 3.05) is 14.1 Å². The SMILES string of the molecule is Cc1c(C(=O)C=CN(C)C)nnn1-c1cc(Cl)cc(Cl)c1. The quantitative estimate of drug-likeness (QED) is 0.640. The van der Waals surface area contributed by atoms with Crippen molar-refractivity contribution in [3.05, 3.63) is 51.9 Å². The van der Waals surface area contributed by atoms with Crippen molar-refractivity contribution >= 4 is 29.0 Å². The normalized spacial score (nSPS) is 11.1. The monoisotopic (exact) mass is 324 g/mol. The summed E-state index contributed by atoms with van der Waals surface area (Å²) in [5.41, 5.74) is 1.58. The van der Waals surface area contributed by atoms with E-state index in [1.165, 1.54) is 10.8 Å². The maximum absolute atomic E-state index is 12.1. The summed E-state index contributed by atoms with van der Waals surface area (Å²) < 4.78 is 1.54. The number of hydrogen-bond donors (Lipinski definition) is 0. The van der Waals surface area contributed by atoms with Gasteiger partial charge in [0.05, 0.1) is 11.4 Å². The fourth-order valence-electron chi connectivity index (χ4n) is 1.76. The van der Waals surface area contributed by atoms with Gasteiger partial charge < -0.3 is 4.90 Å². The molecule has 0 aliphatic rings. The Morgan fingerprint density at radius 3 is 2.43 bits per heavy atom. The van der Waals surface area contributed by atoms with E-state index in [2.05, 4.69) is 10.3 Å². The number of allylic oxidation sites excluding steroid dienone is 1. The molecule has 0 unspecified atom stereocenters. The number of carbonyl (C=O) groups excluding carboxylic acids is 1. The molecule has 0 fully saturated rings. The van der Waals surface area contributed by atoms with Crippen LogP contribution in [0.2, 0.25) is 10.0 Å². The molecule has 7 heteroatoms. The minimum atomic E-state index is -0.208. The molecule has 5 nitrogen and oxygen atoms in total. The molecule has 0 aliphatic heterocycles. The molecule has 0 amide bonds. The molecular formula is C14H14Cl2N4O. The third kappa shape index (κ3) is 3.62. The van der Waals surface area contributed by atoms with Gasteiger partial charge in [-0.2, -0.15) is 0 Å². The summed E-state index contributed by atoms with van der Waals surface area (Å²) in [7, 11) is 3.67. The summed E-state index contributed by atoms with van der Waals surface area (Å²) >= 11 is 12.0. The Labute approximate surface area is 132 Å². The highest BCUT2D eigenvalue weighted by Gasteiger charge is 2.15. The number of hydrogen-bond acceptors (Lipinski definition) is 4. The molecule has 1 aromatic carbocycles. The van der Waals surface area contributed by atoms with Crippen LogP contribution in [-0.2, 0) is 0 Å². The Morgan fingerprint density at radius 2 is 1.86 bits per heavy atom. The third-order valence-corrected chi connectivity index (χ3v) is 3.18. The lowest BCUT2D eigenvalue weighted by molar-refractivity contribution is 0.104. The molecule has 110 valence electrons. The van der Waals surface area contributed by atoms with Crippen molar-refractivity contribution in [1.29, 1.82) is 0 Å². The van der Waals surface area contributed by atoms with E-state index in [-0.39, 0.29) is 5.78 Å². The lowest BCUT2D eigenvalue weighted by Crippen LogP contribution is -2.05. The van der Waals surface area contributed by atoms with Crippen molar-refractivity contribution < 1.29 is 4.79 Å². The van der Waals surface area contributed by atoms with E-state index in [9.17, 15) is 4.79 Å². The van der Waals surface area contributed by atoms with E-state index in [4.69, 9.17) is 23.2 Å². The van der Waals surface area contributed by atoms with Crippen LogP contribution in [0.25, 0.3) is 5.69 Å². The second kappa shape index (κ2) is 6.28. The van der Waals surface area contributed by atoms with Gasteiger partial charge in [0, 0.05) is 36.4 Å². The maximum Gasteiger partial charge on any atom is 0.209 e. The Kier molecular flexibility index (Phi) is 4.65. The van der Waals surface area contributed by atoms with Crippen molar-refractivity contribution in [3.63, 3.8) is 0 Å². The fourth-order valence-corrected chi connectivity index (χ4v) is 2.27. The number of rotatable bonds is 4. The summed E-state index contributed by atoms with van der Waals surface area (Å²) in [5, 5.41) is 8.92. The van der Waals surface area contributed by atoms with Gasteiger partial charge in [0.1, 0.15) is 0 Å². The predicted molar refractivity (Wildman–Crippen MR) is 83.3 cm³/mol. The number of benzene rings is 1. The first kappa shape index (κ1) is 15.5. The van der Waals surface area contributed by atoms with E-state index >= 15 is 0 Å². The Bertz CT molecular complexity index is 687. The van der Waals surface area contributed by atoms with Crippen molar-refractivity contribution in [3.8, 4) is 5.69 Å². The van der Waals surface area contributed by atoms with Gasteiger partial charge in [-0.05, 0) is 25.1 Å². The minimum absolute atomic E-state index is 0.208. The van der Waals surface area contributed by atoms with Crippen LogP contribution in [0, 0.1) is 6.92 Å². The van der Waals surface area contributed by atoms with Crippen LogP contribution in [0.4, 0.5) is 0 Å². The summed E-state index contributed by atoms with van der Waals surface area (Å²) in [6.45, 7) is 1.77. The molecule has 0 bridgehead atoms. The first-order valence-corrected chi connectivity index (χ1v) is 6.92. The summed E-state index contributed by atoms with van der Waals surface area (Å²) in [6.07, 6.45) is 3.11. The summed E-state index contributed by atoms with van der Waals surface area (Å²) in [4.78, 5) is 13.8. The number of aromatic nitrogens is 3. The molecule has 21 heavy (non-hydrogen) atoms. The molecule has 1 heterocycles. The van der Waals surface area contributed by atoms with Crippen LogP contribution in [0.1, 0.15) is 16.2 Å². The Balaban J connectivity index is 2.39. The van der Waals surface area contributed by atoms with Gasteiger partial charge in [0.2, 0.25) is 5.78 Å². The van der Waals surface area contributed by atoms with Crippen LogP contribution in [-0.4, -0.2) is 39.8 Å². The Morgan fingerprint density at radius 1 is 1.24 bits per heavy atom. The summed E-state index contributed by atoms with van der Waals surface area (Å²) in [5.74, 6) is -0.208. The van der Waals surface area contributed by atoms with Crippen LogP contribution in [0.3, 0.4) is 0 Å². The number of nitrogens with zero attached hydrogens (tertiary/aromatic N) is 4. The van der Waals surface area contributed by atoms with E-state index in [0.717, 1.165) is 0 Å². The van der Waals surface area contributed by atoms with E-state index in [0.29, 0.717) is 27.1 Å². The van der Waals surface area contributed by atoms with Crippen LogP contribution < -0.4 is 0 Å². The largest absolute Gasteiger partial charge is 0.383 e. The first-order valence-electron chi connectivity index (χ1n) is 6.16. The smallest absolute Gasteiger partial charge is 0.209 e. The van der Waals surface area contributed by atoms with Gasteiger partial charge >= 0.3 is 0 Å². The molecule has 0 saturated heterocycles. The zero-order valence-corrected chi connectivity index (χ0v) is 13.4. The van der Waals surface area contributed by atoms with Gasteiger partial charge in [-0.3, -0.25) is 4.79 Å².